The van der Waals surface area contributed by atoms with Gasteiger partial charge in [0.15, 0.2) is 17.3 Å². The van der Waals surface area contributed by atoms with Gasteiger partial charge in [-0.15, -0.1) is 0 Å². The van der Waals surface area contributed by atoms with Gasteiger partial charge >= 0.3 is 5.97 Å². The Morgan fingerprint density at radius 2 is 1.84 bits per heavy atom. The van der Waals surface area contributed by atoms with Crippen molar-refractivity contribution in [2.75, 3.05) is 6.79 Å². The molecular weight excluding hydrogens is 418 g/mol. The SMILES string of the molecule is CC1=NC2=C(C(=O)CCC2)[C@@H](c2cc3c(cc2Cl)OCO3)C1C(=O)OC1CCCCC1. The first-order valence-electron chi connectivity index (χ1n) is 11.1. The standard InChI is InChI=1S/C24H26ClNO5/c1-13-21(24(28)31-14-6-3-2-4-7-14)22(23-17(26-13)8-5-9-18(23)27)15-10-19-20(11-16(15)25)30-12-29-19/h10-11,14,21-22H,2-9,12H2,1H3/t21?,22-/m0/s1. The quantitative estimate of drug-likeness (QED) is 0.605. The van der Waals surface area contributed by atoms with E-state index in [1.165, 1.54) is 6.42 Å². The van der Waals surface area contributed by atoms with E-state index in [4.69, 9.17) is 30.8 Å². The number of ether oxygens (including phenoxy) is 3. The molecule has 0 saturated heterocycles. The topological polar surface area (TPSA) is 74.2 Å². The van der Waals surface area contributed by atoms with E-state index < -0.39 is 11.8 Å². The molecule has 1 saturated carbocycles. The fraction of sp³-hybridized carbons (Fsp3) is 0.542. The van der Waals surface area contributed by atoms with Crippen LogP contribution in [0.15, 0.2) is 28.4 Å². The molecule has 2 heterocycles. The number of carbonyl (C=O) groups excluding carboxylic acids is 2. The van der Waals surface area contributed by atoms with Crippen molar-refractivity contribution in [2.45, 2.75) is 70.3 Å². The highest BCUT2D eigenvalue weighted by Gasteiger charge is 2.45. The maximum Gasteiger partial charge on any atom is 0.315 e. The minimum absolute atomic E-state index is 0.0340. The molecule has 4 aliphatic rings. The number of aliphatic imine (C=N–C) groups is 1. The molecule has 7 heteroatoms. The van der Waals surface area contributed by atoms with Crippen LogP contribution in [0.4, 0.5) is 0 Å². The number of halogens is 1. The van der Waals surface area contributed by atoms with E-state index in [0.29, 0.717) is 39.8 Å². The summed E-state index contributed by atoms with van der Waals surface area (Å²) < 4.78 is 17.0. The van der Waals surface area contributed by atoms with Gasteiger partial charge in [0.05, 0.1) is 0 Å². The molecule has 2 aliphatic carbocycles. The number of carbonyl (C=O) groups is 2. The van der Waals surface area contributed by atoms with Gasteiger partial charge in [-0.05, 0) is 57.1 Å². The highest BCUT2D eigenvalue weighted by atomic mass is 35.5. The summed E-state index contributed by atoms with van der Waals surface area (Å²) in [5.41, 5.74) is 2.74. The molecule has 1 fully saturated rings. The number of ketones is 1. The zero-order chi connectivity index (χ0) is 21.5. The Hall–Kier alpha value is -2.34. The van der Waals surface area contributed by atoms with Crippen LogP contribution in [-0.2, 0) is 14.3 Å². The highest BCUT2D eigenvalue weighted by Crippen LogP contribution is 2.48. The minimum Gasteiger partial charge on any atom is -0.462 e. The fourth-order valence-corrected chi connectivity index (χ4v) is 5.51. The Bertz CT molecular complexity index is 992. The van der Waals surface area contributed by atoms with Crippen molar-refractivity contribution in [2.24, 2.45) is 10.9 Å². The van der Waals surface area contributed by atoms with Crippen molar-refractivity contribution in [3.63, 3.8) is 0 Å². The molecule has 0 spiro atoms. The largest absolute Gasteiger partial charge is 0.462 e. The molecule has 0 N–H and O–H groups in total. The van der Waals surface area contributed by atoms with Gasteiger partial charge in [-0.3, -0.25) is 14.6 Å². The van der Waals surface area contributed by atoms with Crippen LogP contribution in [0, 0.1) is 5.92 Å². The summed E-state index contributed by atoms with van der Waals surface area (Å²) in [7, 11) is 0. The van der Waals surface area contributed by atoms with Crippen LogP contribution in [-0.4, -0.2) is 30.4 Å². The molecule has 0 bridgehead atoms. The molecule has 2 atom stereocenters. The Kier molecular flexibility index (Phi) is 5.51. The van der Waals surface area contributed by atoms with E-state index in [-0.39, 0.29) is 24.6 Å². The van der Waals surface area contributed by atoms with Gasteiger partial charge in [-0.2, -0.15) is 0 Å². The molecule has 5 rings (SSSR count). The molecule has 31 heavy (non-hydrogen) atoms. The highest BCUT2D eigenvalue weighted by molar-refractivity contribution is 6.32. The van der Waals surface area contributed by atoms with Crippen LogP contribution < -0.4 is 9.47 Å². The molecule has 6 nitrogen and oxygen atoms in total. The van der Waals surface area contributed by atoms with Gasteiger partial charge in [-0.25, -0.2) is 0 Å². The second-order valence-electron chi connectivity index (χ2n) is 8.77. The van der Waals surface area contributed by atoms with Gasteiger partial charge in [0.25, 0.3) is 0 Å². The Labute approximate surface area is 186 Å². The van der Waals surface area contributed by atoms with Gasteiger partial charge < -0.3 is 14.2 Å². The number of hydrogen-bond donors (Lipinski definition) is 0. The third-order valence-electron chi connectivity index (χ3n) is 6.75. The normalized spacial score (nSPS) is 25.9. The lowest BCUT2D eigenvalue weighted by Gasteiger charge is -2.35. The Morgan fingerprint density at radius 3 is 2.61 bits per heavy atom. The second-order valence-corrected chi connectivity index (χ2v) is 9.18. The molecule has 1 unspecified atom stereocenters. The molecule has 0 amide bonds. The molecule has 0 aromatic heterocycles. The molecule has 2 aliphatic heterocycles. The van der Waals surface area contributed by atoms with E-state index in [9.17, 15) is 9.59 Å². The summed E-state index contributed by atoms with van der Waals surface area (Å²) in [5.74, 6) is -0.354. The zero-order valence-electron chi connectivity index (χ0n) is 17.6. The van der Waals surface area contributed by atoms with Crippen molar-refractivity contribution in [1.29, 1.82) is 0 Å². The summed E-state index contributed by atoms with van der Waals surface area (Å²) in [6.07, 6.45) is 6.97. The maximum absolute atomic E-state index is 13.5. The number of Topliss-reactive ketones (excluding diaryl/α,β-unsaturated/α-hetero) is 1. The van der Waals surface area contributed by atoms with E-state index in [1.54, 1.807) is 12.1 Å². The first kappa shape index (κ1) is 20.6. The first-order valence-corrected chi connectivity index (χ1v) is 11.5. The van der Waals surface area contributed by atoms with Gasteiger partial charge in [0, 0.05) is 40.4 Å². The van der Waals surface area contributed by atoms with Crippen LogP contribution in [0.1, 0.15) is 69.8 Å². The smallest absolute Gasteiger partial charge is 0.315 e. The molecule has 1 aromatic carbocycles. The molecule has 1 aromatic rings. The third kappa shape index (κ3) is 3.75. The molecule has 164 valence electrons. The first-order chi connectivity index (χ1) is 15.0. The van der Waals surface area contributed by atoms with E-state index in [2.05, 4.69) is 0 Å². The van der Waals surface area contributed by atoms with Crippen LogP contribution in [0.2, 0.25) is 5.02 Å². The van der Waals surface area contributed by atoms with E-state index >= 15 is 0 Å². The number of allylic oxidation sites excluding steroid dienone is 2. The van der Waals surface area contributed by atoms with E-state index in [1.807, 2.05) is 6.92 Å². The lowest BCUT2D eigenvalue weighted by atomic mass is 9.71. The van der Waals surface area contributed by atoms with Gasteiger partial charge in [-0.1, -0.05) is 18.0 Å². The van der Waals surface area contributed by atoms with Crippen molar-refractivity contribution in [3.05, 3.63) is 34.0 Å². The summed E-state index contributed by atoms with van der Waals surface area (Å²) in [5, 5.41) is 0.449. The van der Waals surface area contributed by atoms with Crippen LogP contribution in [0.5, 0.6) is 11.5 Å². The molecule has 0 radical (unpaired) electrons. The predicted octanol–water partition coefficient (Wildman–Crippen LogP) is 5.13. The van der Waals surface area contributed by atoms with E-state index in [0.717, 1.165) is 44.2 Å². The number of benzene rings is 1. The Morgan fingerprint density at radius 1 is 1.10 bits per heavy atom. The second kappa shape index (κ2) is 8.30. The van der Waals surface area contributed by atoms with Crippen LogP contribution >= 0.6 is 11.6 Å². The number of fused-ring (bicyclic) bond motifs is 1. The summed E-state index contributed by atoms with van der Waals surface area (Å²) in [6, 6.07) is 3.51. The van der Waals surface area contributed by atoms with Gasteiger partial charge in [0.2, 0.25) is 6.79 Å². The lowest BCUT2D eigenvalue weighted by molar-refractivity contribution is -0.153. The maximum atomic E-state index is 13.5. The van der Waals surface area contributed by atoms with Crippen molar-refractivity contribution in [3.8, 4) is 11.5 Å². The minimum atomic E-state index is -0.680. The number of nitrogens with zero attached hydrogens (tertiary/aromatic N) is 1. The summed E-state index contributed by atoms with van der Waals surface area (Å²) >= 11 is 6.67. The van der Waals surface area contributed by atoms with Gasteiger partial charge in [0.1, 0.15) is 12.0 Å². The van der Waals surface area contributed by atoms with Crippen LogP contribution in [0.25, 0.3) is 0 Å². The molecular formula is C24H26ClNO5. The third-order valence-corrected chi connectivity index (χ3v) is 7.08. The average Bonchev–Trinajstić information content (AvgIpc) is 3.20. The van der Waals surface area contributed by atoms with Crippen molar-refractivity contribution in [1.82, 2.24) is 0 Å². The predicted molar refractivity (Wildman–Crippen MR) is 116 cm³/mol. The number of esters is 1. The lowest BCUT2D eigenvalue weighted by Crippen LogP contribution is -2.39. The van der Waals surface area contributed by atoms with Crippen molar-refractivity contribution >= 4 is 29.1 Å². The zero-order valence-corrected chi connectivity index (χ0v) is 18.4. The van der Waals surface area contributed by atoms with Crippen LogP contribution in [0.3, 0.4) is 0 Å². The van der Waals surface area contributed by atoms with Crippen molar-refractivity contribution < 1.29 is 23.8 Å². The monoisotopic (exact) mass is 443 g/mol. The number of hydrogen-bond acceptors (Lipinski definition) is 6. The number of rotatable bonds is 3. The Balaban J connectivity index is 1.57. The fourth-order valence-electron chi connectivity index (χ4n) is 5.24. The summed E-state index contributed by atoms with van der Waals surface area (Å²) in [6.45, 7) is 1.98. The summed E-state index contributed by atoms with van der Waals surface area (Å²) in [4.78, 5) is 31.2. The average molecular weight is 444 g/mol.